The maximum atomic E-state index is 13.7. The summed E-state index contributed by atoms with van der Waals surface area (Å²) < 4.78 is 15.5. The number of nitrogens with zero attached hydrogens (tertiary/aromatic N) is 4. The van der Waals surface area contributed by atoms with Crippen molar-refractivity contribution in [2.75, 3.05) is 51.8 Å². The molecule has 2 N–H and O–H groups in total. The van der Waals surface area contributed by atoms with Crippen LogP contribution in [0.25, 0.3) is 11.4 Å². The topological polar surface area (TPSA) is 162 Å². The number of benzene rings is 1. The fourth-order valence-electron chi connectivity index (χ4n) is 4.51. The van der Waals surface area contributed by atoms with Crippen LogP contribution in [-0.4, -0.2) is 108 Å². The van der Waals surface area contributed by atoms with Gasteiger partial charge in [-0.15, -0.1) is 5.06 Å². The number of hydroxylamine groups is 2. The highest BCUT2D eigenvalue weighted by Crippen LogP contribution is 2.19. The molecule has 0 spiro atoms. The molecule has 0 radical (unpaired) electrons. The van der Waals surface area contributed by atoms with Crippen LogP contribution in [0.15, 0.2) is 36.4 Å². The van der Waals surface area contributed by atoms with E-state index >= 15 is 0 Å². The number of carbonyl (C=O) groups is 4. The van der Waals surface area contributed by atoms with Crippen molar-refractivity contribution in [1.29, 1.82) is 0 Å². The Labute approximate surface area is 263 Å². The molecule has 1 aliphatic rings. The van der Waals surface area contributed by atoms with Crippen molar-refractivity contribution >= 4 is 29.8 Å². The van der Waals surface area contributed by atoms with Gasteiger partial charge in [0.1, 0.15) is 23.2 Å². The van der Waals surface area contributed by atoms with Gasteiger partial charge in [0.05, 0.1) is 26.3 Å². The van der Waals surface area contributed by atoms with Crippen LogP contribution in [-0.2, 0) is 28.6 Å². The smallest absolute Gasteiger partial charge is 0.460 e. The number of piperazine rings is 1. The lowest BCUT2D eigenvalue weighted by Gasteiger charge is -2.35. The van der Waals surface area contributed by atoms with E-state index in [2.05, 4.69) is 20.6 Å². The molecule has 1 fully saturated rings. The summed E-state index contributed by atoms with van der Waals surface area (Å²) in [6, 6.07) is 9.55. The molecule has 45 heavy (non-hydrogen) atoms. The SMILES string of the molecule is CCOC(=O)ON1CCN(C(=O)[C@H](CCC(=O)OC(C)(C)C)NC(=O)c2cc(N[C@@H](C)COC)nc(-c3ccccc3)n2)CC1. The van der Waals surface area contributed by atoms with Crippen LogP contribution in [0.3, 0.4) is 0 Å². The quantitative estimate of drug-likeness (QED) is 0.313. The van der Waals surface area contributed by atoms with Crippen molar-refractivity contribution < 1.29 is 38.2 Å². The normalized spacial score (nSPS) is 15.0. The van der Waals surface area contributed by atoms with Crippen LogP contribution in [0, 0.1) is 0 Å². The standard InChI is InChI=1S/C31H44N6O8/c1-7-43-30(41)45-37-17-15-36(16-18-37)29(40)23(13-14-26(38)44-31(3,4)5)34-28(39)24-19-25(32-21(2)20-42-6)35-27(33-24)22-11-9-8-10-12-22/h8-12,19,21,23H,7,13-18,20H2,1-6H3,(H,34,39)(H,32,33,35)/t21-,23-/m0/s1. The second kappa shape index (κ2) is 16.7. The second-order valence-electron chi connectivity index (χ2n) is 11.5. The van der Waals surface area contributed by atoms with Gasteiger partial charge in [0, 0.05) is 44.3 Å². The maximum absolute atomic E-state index is 13.7. The Balaban J connectivity index is 1.82. The van der Waals surface area contributed by atoms with Crippen molar-refractivity contribution in [3.05, 3.63) is 42.1 Å². The summed E-state index contributed by atoms with van der Waals surface area (Å²) in [6.07, 6.45) is -0.906. The molecule has 1 aromatic carbocycles. The zero-order valence-corrected chi connectivity index (χ0v) is 26.8. The molecular weight excluding hydrogens is 584 g/mol. The van der Waals surface area contributed by atoms with Gasteiger partial charge in [-0.2, -0.15) is 0 Å². The number of rotatable bonds is 13. The first-order valence-electron chi connectivity index (χ1n) is 15.0. The average Bonchev–Trinajstić information content (AvgIpc) is 2.99. The molecule has 246 valence electrons. The summed E-state index contributed by atoms with van der Waals surface area (Å²) in [4.78, 5) is 67.4. The molecule has 1 aromatic heterocycles. The van der Waals surface area contributed by atoms with Crippen molar-refractivity contribution in [2.24, 2.45) is 0 Å². The Morgan fingerprint density at radius 2 is 1.71 bits per heavy atom. The predicted molar refractivity (Wildman–Crippen MR) is 165 cm³/mol. The number of esters is 1. The number of carbonyl (C=O) groups excluding carboxylic acids is 4. The minimum atomic E-state index is -1.05. The summed E-state index contributed by atoms with van der Waals surface area (Å²) in [6.45, 7) is 10.4. The number of ether oxygens (including phenoxy) is 3. The molecule has 1 saturated heterocycles. The number of amides is 2. The van der Waals surface area contributed by atoms with Crippen molar-refractivity contribution in [1.82, 2.24) is 25.2 Å². The second-order valence-corrected chi connectivity index (χ2v) is 11.5. The number of anilines is 1. The third-order valence-corrected chi connectivity index (χ3v) is 6.48. The van der Waals surface area contributed by atoms with Gasteiger partial charge in [-0.1, -0.05) is 30.3 Å². The Morgan fingerprint density at radius 1 is 1.02 bits per heavy atom. The number of methoxy groups -OCH3 is 1. The Bertz CT molecular complexity index is 1290. The summed E-state index contributed by atoms with van der Waals surface area (Å²) in [7, 11) is 1.59. The van der Waals surface area contributed by atoms with E-state index in [1.165, 1.54) is 11.1 Å². The monoisotopic (exact) mass is 628 g/mol. The van der Waals surface area contributed by atoms with E-state index < -0.39 is 29.7 Å². The number of aromatic nitrogens is 2. The number of hydrogen-bond donors (Lipinski definition) is 2. The van der Waals surface area contributed by atoms with E-state index in [4.69, 9.17) is 19.0 Å². The molecule has 0 bridgehead atoms. The first-order valence-corrected chi connectivity index (χ1v) is 15.0. The molecule has 0 unspecified atom stereocenters. The van der Waals surface area contributed by atoms with E-state index in [0.717, 1.165) is 0 Å². The summed E-state index contributed by atoms with van der Waals surface area (Å²) in [5.41, 5.74) is 0.0431. The first-order chi connectivity index (χ1) is 21.4. The molecule has 0 saturated carbocycles. The van der Waals surface area contributed by atoms with Gasteiger partial charge in [0.25, 0.3) is 5.91 Å². The zero-order valence-electron chi connectivity index (χ0n) is 26.8. The van der Waals surface area contributed by atoms with Crippen LogP contribution in [0.1, 0.15) is 57.9 Å². The van der Waals surface area contributed by atoms with Gasteiger partial charge in [0.15, 0.2) is 5.82 Å². The highest BCUT2D eigenvalue weighted by Gasteiger charge is 2.31. The van der Waals surface area contributed by atoms with E-state index in [-0.39, 0.29) is 63.3 Å². The van der Waals surface area contributed by atoms with Gasteiger partial charge in [-0.25, -0.2) is 14.8 Å². The van der Waals surface area contributed by atoms with Crippen LogP contribution >= 0.6 is 0 Å². The fraction of sp³-hybridized carbons (Fsp3) is 0.548. The Hall–Kier alpha value is -4.30. The van der Waals surface area contributed by atoms with E-state index in [0.29, 0.717) is 23.8 Å². The van der Waals surface area contributed by atoms with Gasteiger partial charge in [-0.05, 0) is 41.0 Å². The lowest BCUT2D eigenvalue weighted by atomic mass is 10.1. The third-order valence-electron chi connectivity index (χ3n) is 6.48. The first kappa shape index (κ1) is 35.2. The molecule has 2 amide bonds. The third kappa shape index (κ3) is 11.6. The number of hydrogen-bond acceptors (Lipinski definition) is 12. The van der Waals surface area contributed by atoms with Crippen LogP contribution in [0.5, 0.6) is 0 Å². The average molecular weight is 629 g/mol. The maximum Gasteiger partial charge on any atom is 0.527 e. The molecule has 2 atom stereocenters. The largest absolute Gasteiger partial charge is 0.527 e. The van der Waals surface area contributed by atoms with E-state index in [1.807, 2.05) is 37.3 Å². The molecule has 14 heteroatoms. The van der Waals surface area contributed by atoms with Crippen LogP contribution < -0.4 is 10.6 Å². The van der Waals surface area contributed by atoms with Crippen LogP contribution in [0.4, 0.5) is 10.6 Å². The lowest BCUT2D eigenvalue weighted by molar-refractivity contribution is -0.158. The molecular formula is C31H44N6O8. The lowest BCUT2D eigenvalue weighted by Crippen LogP contribution is -2.55. The molecule has 3 rings (SSSR count). The molecule has 2 aromatic rings. The predicted octanol–water partition coefficient (Wildman–Crippen LogP) is 3.04. The minimum absolute atomic E-state index is 0.00559. The highest BCUT2D eigenvalue weighted by molar-refractivity contribution is 5.97. The van der Waals surface area contributed by atoms with Crippen molar-refractivity contribution in [3.63, 3.8) is 0 Å². The van der Waals surface area contributed by atoms with Gasteiger partial charge in [-0.3, -0.25) is 14.4 Å². The summed E-state index contributed by atoms with van der Waals surface area (Å²) in [5, 5.41) is 7.43. The fourth-order valence-corrected chi connectivity index (χ4v) is 4.51. The van der Waals surface area contributed by atoms with Gasteiger partial charge >= 0.3 is 12.1 Å². The van der Waals surface area contributed by atoms with Crippen LogP contribution in [0.2, 0.25) is 0 Å². The van der Waals surface area contributed by atoms with E-state index in [1.54, 1.807) is 39.7 Å². The van der Waals surface area contributed by atoms with Crippen molar-refractivity contribution in [2.45, 2.75) is 65.1 Å². The highest BCUT2D eigenvalue weighted by atomic mass is 16.8. The minimum Gasteiger partial charge on any atom is -0.460 e. The Morgan fingerprint density at radius 3 is 2.33 bits per heavy atom. The van der Waals surface area contributed by atoms with Gasteiger partial charge in [0.2, 0.25) is 5.91 Å². The van der Waals surface area contributed by atoms with E-state index in [9.17, 15) is 19.2 Å². The van der Waals surface area contributed by atoms with Gasteiger partial charge < -0.3 is 34.6 Å². The van der Waals surface area contributed by atoms with Crippen molar-refractivity contribution in [3.8, 4) is 11.4 Å². The molecule has 1 aliphatic heterocycles. The molecule has 0 aliphatic carbocycles. The summed E-state index contributed by atoms with van der Waals surface area (Å²) in [5.74, 6) is -0.747. The molecule has 2 heterocycles. The summed E-state index contributed by atoms with van der Waals surface area (Å²) >= 11 is 0. The zero-order chi connectivity index (χ0) is 33.0. The Kier molecular flexibility index (Phi) is 13.0. The molecule has 14 nitrogen and oxygen atoms in total. The number of nitrogens with one attached hydrogen (secondary N) is 2.